The van der Waals surface area contributed by atoms with E-state index in [2.05, 4.69) is 15.3 Å². The predicted molar refractivity (Wildman–Crippen MR) is 78.9 cm³/mol. The fourth-order valence-corrected chi connectivity index (χ4v) is 1.78. The summed E-state index contributed by atoms with van der Waals surface area (Å²) in [5.41, 5.74) is 0.208. The van der Waals surface area contributed by atoms with Crippen molar-refractivity contribution in [2.24, 2.45) is 0 Å². The second-order valence-corrected chi connectivity index (χ2v) is 4.76. The van der Waals surface area contributed by atoms with Crippen molar-refractivity contribution in [1.82, 2.24) is 9.97 Å². The van der Waals surface area contributed by atoms with Crippen molar-refractivity contribution in [1.29, 1.82) is 0 Å². The molecule has 1 heterocycles. The highest BCUT2D eigenvalue weighted by Gasteiger charge is 2.34. The molecule has 5 nitrogen and oxygen atoms in total. The lowest BCUT2D eigenvalue weighted by Gasteiger charge is -2.15. The van der Waals surface area contributed by atoms with Gasteiger partial charge in [-0.25, -0.2) is 9.97 Å². The number of rotatable bonds is 6. The Hall–Kier alpha value is -2.35. The maximum atomic E-state index is 13.2. The molecule has 23 heavy (non-hydrogen) atoms. The molecule has 0 amide bonds. The van der Waals surface area contributed by atoms with E-state index in [0.29, 0.717) is 0 Å². The van der Waals surface area contributed by atoms with E-state index >= 15 is 0 Å². The van der Waals surface area contributed by atoms with Gasteiger partial charge in [0.05, 0.1) is 12.2 Å². The van der Waals surface area contributed by atoms with Gasteiger partial charge in [0.15, 0.2) is 0 Å². The third-order valence-electron chi connectivity index (χ3n) is 2.87. The SMILES string of the molecule is COCCOc1ccc(Nc2ncc(C)cn2)cc1C(F)(F)F. The maximum absolute atomic E-state index is 13.2. The molecule has 1 aromatic heterocycles. The lowest BCUT2D eigenvalue weighted by molar-refractivity contribution is -0.139. The lowest BCUT2D eigenvalue weighted by atomic mass is 10.1. The zero-order chi connectivity index (χ0) is 16.9. The first kappa shape index (κ1) is 17.0. The fraction of sp³-hybridized carbons (Fsp3) is 0.333. The molecule has 1 aromatic carbocycles. The number of alkyl halides is 3. The number of benzene rings is 1. The van der Waals surface area contributed by atoms with Crippen LogP contribution in [0.15, 0.2) is 30.6 Å². The van der Waals surface area contributed by atoms with E-state index in [-0.39, 0.29) is 30.6 Å². The van der Waals surface area contributed by atoms with Gasteiger partial charge < -0.3 is 14.8 Å². The van der Waals surface area contributed by atoms with Gasteiger partial charge in [0.2, 0.25) is 5.95 Å². The number of ether oxygens (including phenoxy) is 2. The van der Waals surface area contributed by atoms with E-state index in [1.807, 2.05) is 6.92 Å². The predicted octanol–water partition coefficient (Wildman–Crippen LogP) is 3.57. The van der Waals surface area contributed by atoms with Crippen LogP contribution in [0, 0.1) is 6.92 Å². The second-order valence-electron chi connectivity index (χ2n) is 4.76. The Morgan fingerprint density at radius 1 is 1.13 bits per heavy atom. The van der Waals surface area contributed by atoms with Gasteiger partial charge in [-0.05, 0) is 30.7 Å². The summed E-state index contributed by atoms with van der Waals surface area (Å²) in [6.45, 7) is 2.06. The standard InChI is InChI=1S/C15H16F3N3O2/c1-10-8-19-14(20-9-10)21-11-3-4-13(23-6-5-22-2)12(7-11)15(16,17)18/h3-4,7-9H,5-6H2,1-2H3,(H,19,20,21). The second kappa shape index (κ2) is 7.28. The number of nitrogens with zero attached hydrogens (tertiary/aromatic N) is 2. The van der Waals surface area contributed by atoms with E-state index in [4.69, 9.17) is 9.47 Å². The highest BCUT2D eigenvalue weighted by molar-refractivity contribution is 5.58. The van der Waals surface area contributed by atoms with Gasteiger partial charge in [-0.3, -0.25) is 0 Å². The van der Waals surface area contributed by atoms with E-state index in [1.54, 1.807) is 12.4 Å². The summed E-state index contributed by atoms with van der Waals surface area (Å²) < 4.78 is 49.4. The number of nitrogens with one attached hydrogen (secondary N) is 1. The summed E-state index contributed by atoms with van der Waals surface area (Å²) in [6.07, 6.45) is -1.39. The monoisotopic (exact) mass is 327 g/mol. The van der Waals surface area contributed by atoms with Crippen LogP contribution in [0.25, 0.3) is 0 Å². The highest BCUT2D eigenvalue weighted by Crippen LogP contribution is 2.38. The van der Waals surface area contributed by atoms with Crippen molar-refractivity contribution in [3.05, 3.63) is 41.7 Å². The zero-order valence-electron chi connectivity index (χ0n) is 12.6. The van der Waals surface area contributed by atoms with Crippen molar-refractivity contribution >= 4 is 11.6 Å². The quantitative estimate of drug-likeness (QED) is 0.822. The van der Waals surface area contributed by atoms with Gasteiger partial charge >= 0.3 is 6.18 Å². The van der Waals surface area contributed by atoms with Crippen LogP contribution in [-0.2, 0) is 10.9 Å². The van der Waals surface area contributed by atoms with Crippen LogP contribution >= 0.6 is 0 Å². The van der Waals surface area contributed by atoms with Gasteiger partial charge in [-0.15, -0.1) is 0 Å². The Kier molecular flexibility index (Phi) is 5.38. The Labute approximate surface area is 131 Å². The van der Waals surface area contributed by atoms with Gasteiger partial charge in [0.25, 0.3) is 0 Å². The summed E-state index contributed by atoms with van der Waals surface area (Å²) in [4.78, 5) is 7.99. The minimum atomic E-state index is -4.53. The molecule has 0 unspecified atom stereocenters. The molecular weight excluding hydrogens is 311 g/mol. The Morgan fingerprint density at radius 3 is 2.43 bits per heavy atom. The van der Waals surface area contributed by atoms with E-state index in [0.717, 1.165) is 11.6 Å². The number of hydrogen-bond acceptors (Lipinski definition) is 5. The topological polar surface area (TPSA) is 56.3 Å². The minimum Gasteiger partial charge on any atom is -0.491 e. The molecule has 0 radical (unpaired) electrons. The molecule has 0 aliphatic carbocycles. The fourth-order valence-electron chi connectivity index (χ4n) is 1.78. The van der Waals surface area contributed by atoms with Gasteiger partial charge in [0, 0.05) is 25.2 Å². The third kappa shape index (κ3) is 4.82. The van der Waals surface area contributed by atoms with E-state index in [9.17, 15) is 13.2 Å². The highest BCUT2D eigenvalue weighted by atomic mass is 19.4. The van der Waals surface area contributed by atoms with E-state index in [1.165, 1.54) is 19.2 Å². The van der Waals surface area contributed by atoms with Crippen LogP contribution in [0.3, 0.4) is 0 Å². The molecule has 0 aliphatic rings. The third-order valence-corrected chi connectivity index (χ3v) is 2.87. The molecule has 0 aliphatic heterocycles. The molecule has 0 bridgehead atoms. The molecule has 2 rings (SSSR count). The maximum Gasteiger partial charge on any atom is 0.420 e. The largest absolute Gasteiger partial charge is 0.491 e. The number of aryl methyl sites for hydroxylation is 1. The van der Waals surface area contributed by atoms with Crippen LogP contribution in [-0.4, -0.2) is 30.3 Å². The molecule has 8 heteroatoms. The molecule has 0 saturated heterocycles. The summed E-state index contributed by atoms with van der Waals surface area (Å²) >= 11 is 0. The number of hydrogen-bond donors (Lipinski definition) is 1. The van der Waals surface area contributed by atoms with Gasteiger partial charge in [-0.2, -0.15) is 13.2 Å². The molecule has 0 atom stereocenters. The average Bonchev–Trinajstić information content (AvgIpc) is 2.50. The Bertz CT molecular complexity index is 645. The van der Waals surface area contributed by atoms with Crippen LogP contribution in [0.4, 0.5) is 24.8 Å². The van der Waals surface area contributed by atoms with Crippen LogP contribution in [0.5, 0.6) is 5.75 Å². The Balaban J connectivity index is 2.23. The molecule has 124 valence electrons. The molecular formula is C15H16F3N3O2. The molecule has 0 fully saturated rings. The first-order valence-electron chi connectivity index (χ1n) is 6.79. The van der Waals surface area contributed by atoms with Gasteiger partial charge in [-0.1, -0.05) is 0 Å². The molecule has 1 N–H and O–H groups in total. The number of aromatic nitrogens is 2. The summed E-state index contributed by atoms with van der Waals surface area (Å²) in [5.74, 6) is -0.0262. The van der Waals surface area contributed by atoms with Crippen LogP contribution in [0.2, 0.25) is 0 Å². The van der Waals surface area contributed by atoms with E-state index < -0.39 is 11.7 Å². The van der Waals surface area contributed by atoms with Crippen LogP contribution < -0.4 is 10.1 Å². The molecule has 2 aromatic rings. The molecule has 0 saturated carbocycles. The first-order chi connectivity index (χ1) is 10.9. The van der Waals surface area contributed by atoms with Crippen molar-refractivity contribution in [2.75, 3.05) is 25.6 Å². The van der Waals surface area contributed by atoms with Crippen molar-refractivity contribution in [3.63, 3.8) is 0 Å². The minimum absolute atomic E-state index is 0.0351. The zero-order valence-corrected chi connectivity index (χ0v) is 12.6. The Morgan fingerprint density at radius 2 is 1.83 bits per heavy atom. The number of halogens is 3. The average molecular weight is 327 g/mol. The van der Waals surface area contributed by atoms with Gasteiger partial charge in [0.1, 0.15) is 12.4 Å². The smallest absolute Gasteiger partial charge is 0.420 e. The first-order valence-corrected chi connectivity index (χ1v) is 6.79. The van der Waals surface area contributed by atoms with Crippen molar-refractivity contribution in [2.45, 2.75) is 13.1 Å². The van der Waals surface area contributed by atoms with Crippen molar-refractivity contribution < 1.29 is 22.6 Å². The normalized spacial score (nSPS) is 11.3. The summed E-state index contributed by atoms with van der Waals surface area (Å²) in [5, 5.41) is 2.74. The number of methoxy groups -OCH3 is 1. The summed E-state index contributed by atoms with van der Waals surface area (Å²) in [6, 6.07) is 3.70. The molecule has 0 spiro atoms. The number of anilines is 2. The van der Waals surface area contributed by atoms with Crippen molar-refractivity contribution in [3.8, 4) is 5.75 Å². The lowest BCUT2D eigenvalue weighted by Crippen LogP contribution is -2.12. The summed E-state index contributed by atoms with van der Waals surface area (Å²) in [7, 11) is 1.45. The van der Waals surface area contributed by atoms with Crippen LogP contribution in [0.1, 0.15) is 11.1 Å².